The fourth-order valence-electron chi connectivity index (χ4n) is 4.32. The van der Waals surface area contributed by atoms with E-state index in [1.807, 2.05) is 0 Å². The van der Waals surface area contributed by atoms with Gasteiger partial charge in [0.05, 0.1) is 27.3 Å². The normalized spacial score (nSPS) is 11.6. The molecule has 0 saturated heterocycles. The Kier molecular flexibility index (Phi) is 31.4. The Morgan fingerprint density at radius 1 is 0.382 bits per heavy atom. The third-order valence-electron chi connectivity index (χ3n) is 6.97. The Bertz CT molecular complexity index is 334. The number of rotatable bonds is 28. The quantitative estimate of drug-likeness (QED) is 0.0966. The lowest BCUT2D eigenvalue weighted by atomic mass is 10.1. The molecule has 0 atom stereocenters. The van der Waals surface area contributed by atoms with Crippen molar-refractivity contribution >= 4 is 0 Å². The number of hydrogen-bond donors (Lipinski definition) is 0. The summed E-state index contributed by atoms with van der Waals surface area (Å²) in [5.74, 6) is 0. The second kappa shape index (κ2) is 29.4. The summed E-state index contributed by atoms with van der Waals surface area (Å²) in [5.41, 5.74) is 0. The van der Waals surface area contributed by atoms with Gasteiger partial charge in [-0.1, -0.05) is 129 Å². The second-order valence-corrected chi connectivity index (χ2v) is 11.0. The van der Waals surface area contributed by atoms with Crippen LogP contribution in [-0.2, 0) is 9.47 Å². The number of quaternary nitrogens is 1. The summed E-state index contributed by atoms with van der Waals surface area (Å²) in [7, 11) is 4.60. The first-order valence-electron chi connectivity index (χ1n) is 15.1. The van der Waals surface area contributed by atoms with Crippen molar-refractivity contribution in [3.8, 4) is 0 Å². The highest BCUT2D eigenvalue weighted by molar-refractivity contribution is 4.49. The van der Waals surface area contributed by atoms with Crippen LogP contribution in [0.3, 0.4) is 0 Å². The van der Waals surface area contributed by atoms with E-state index < -0.39 is 0 Å². The van der Waals surface area contributed by atoms with Crippen LogP contribution in [0.15, 0.2) is 0 Å². The molecule has 0 rings (SSSR count). The largest absolute Gasteiger partial charge is 1.00 e. The molecule has 0 heterocycles. The van der Waals surface area contributed by atoms with E-state index in [0.717, 1.165) is 44.0 Å². The minimum Gasteiger partial charge on any atom is -1.00 e. The number of unbranched alkanes of at least 4 members (excludes halogenated alkanes) is 18. The number of ether oxygens (including phenoxy) is 2. The molecule has 208 valence electrons. The van der Waals surface area contributed by atoms with Gasteiger partial charge in [0.1, 0.15) is 13.1 Å². The highest BCUT2D eigenvalue weighted by Crippen LogP contribution is 2.11. The SMILES string of the molecule is CCCCCCCCCCCCOCC[N+](C)(C)CCOCCCCCCCCCCCC.[Cl-]. The Balaban J connectivity index is 0. The van der Waals surface area contributed by atoms with E-state index >= 15 is 0 Å². The van der Waals surface area contributed by atoms with Crippen molar-refractivity contribution < 1.29 is 26.4 Å². The minimum absolute atomic E-state index is 0. The number of nitrogens with zero attached hydrogens (tertiary/aromatic N) is 1. The van der Waals surface area contributed by atoms with Crippen LogP contribution < -0.4 is 12.4 Å². The maximum atomic E-state index is 5.90. The molecule has 0 aliphatic carbocycles. The molecular weight excluding hydrogens is 442 g/mol. The van der Waals surface area contributed by atoms with Crippen LogP contribution in [0.25, 0.3) is 0 Å². The average molecular weight is 506 g/mol. The fraction of sp³-hybridized carbons (Fsp3) is 1.00. The highest BCUT2D eigenvalue weighted by Gasteiger charge is 2.14. The van der Waals surface area contributed by atoms with Gasteiger partial charge in [-0.05, 0) is 12.8 Å². The summed E-state index contributed by atoms with van der Waals surface area (Å²) in [5, 5.41) is 0. The molecule has 0 fully saturated rings. The van der Waals surface area contributed by atoms with Crippen LogP contribution in [-0.4, -0.2) is 58.1 Å². The molecule has 0 spiro atoms. The molecule has 0 saturated carbocycles. The van der Waals surface area contributed by atoms with E-state index in [9.17, 15) is 0 Å². The van der Waals surface area contributed by atoms with E-state index in [4.69, 9.17) is 9.47 Å². The van der Waals surface area contributed by atoms with Crippen molar-refractivity contribution in [1.29, 1.82) is 0 Å². The van der Waals surface area contributed by atoms with Gasteiger partial charge in [0, 0.05) is 13.2 Å². The molecule has 4 heteroatoms. The first-order chi connectivity index (χ1) is 16.1. The van der Waals surface area contributed by atoms with Crippen LogP contribution in [0.2, 0.25) is 0 Å². The molecule has 0 radical (unpaired) electrons. The summed E-state index contributed by atoms with van der Waals surface area (Å²) in [6.07, 6.45) is 27.7. The Labute approximate surface area is 222 Å². The zero-order valence-electron chi connectivity index (χ0n) is 24.0. The van der Waals surface area contributed by atoms with Crippen molar-refractivity contribution in [3.05, 3.63) is 0 Å². The topological polar surface area (TPSA) is 18.5 Å². The summed E-state index contributed by atoms with van der Waals surface area (Å²) in [6.45, 7) is 10.4. The van der Waals surface area contributed by atoms with Gasteiger partial charge in [-0.2, -0.15) is 0 Å². The van der Waals surface area contributed by atoms with Crippen molar-refractivity contribution in [2.24, 2.45) is 0 Å². The molecule has 0 bridgehead atoms. The Morgan fingerprint density at radius 3 is 0.941 bits per heavy atom. The first-order valence-corrected chi connectivity index (χ1v) is 15.1. The molecule has 34 heavy (non-hydrogen) atoms. The predicted molar refractivity (Wildman–Crippen MR) is 147 cm³/mol. The molecule has 0 aromatic rings. The van der Waals surface area contributed by atoms with E-state index in [1.165, 1.54) is 128 Å². The van der Waals surface area contributed by atoms with Crippen LogP contribution in [0, 0.1) is 0 Å². The fourth-order valence-corrected chi connectivity index (χ4v) is 4.32. The van der Waals surface area contributed by atoms with E-state index in [0.29, 0.717) is 0 Å². The summed E-state index contributed by atoms with van der Waals surface area (Å²) in [6, 6.07) is 0. The molecule has 0 aliphatic heterocycles. The van der Waals surface area contributed by atoms with Gasteiger partial charge < -0.3 is 26.4 Å². The molecule has 0 aromatic carbocycles. The van der Waals surface area contributed by atoms with Gasteiger partial charge in [0.2, 0.25) is 0 Å². The smallest absolute Gasteiger partial charge is 0.102 e. The van der Waals surface area contributed by atoms with Gasteiger partial charge in [-0.25, -0.2) is 0 Å². The van der Waals surface area contributed by atoms with Gasteiger partial charge >= 0.3 is 0 Å². The molecule has 0 aliphatic rings. The molecule has 3 nitrogen and oxygen atoms in total. The maximum Gasteiger partial charge on any atom is 0.102 e. The first kappa shape index (κ1) is 36.3. The van der Waals surface area contributed by atoms with Crippen LogP contribution >= 0.6 is 0 Å². The van der Waals surface area contributed by atoms with Crippen LogP contribution in [0.4, 0.5) is 0 Å². The molecule has 0 aromatic heterocycles. The molecule has 0 unspecified atom stereocenters. The third kappa shape index (κ3) is 30.2. The van der Waals surface area contributed by atoms with Crippen molar-refractivity contribution in [2.75, 3.05) is 53.6 Å². The molecular formula is C30H64ClNO2. The number of halogens is 1. The Morgan fingerprint density at radius 2 is 0.647 bits per heavy atom. The number of hydrogen-bond acceptors (Lipinski definition) is 2. The zero-order valence-corrected chi connectivity index (χ0v) is 24.8. The van der Waals surface area contributed by atoms with Crippen LogP contribution in [0.1, 0.15) is 142 Å². The van der Waals surface area contributed by atoms with E-state index in [2.05, 4.69) is 27.9 Å². The lowest BCUT2D eigenvalue weighted by molar-refractivity contribution is -0.891. The standard InChI is InChI=1S/C30H64NO2.ClH/c1-5-7-9-11-13-15-17-19-21-23-27-32-29-25-31(3,4)26-30-33-28-24-22-20-18-16-14-12-10-8-6-2;/h5-30H2,1-4H3;1H/q+1;/p-1. The van der Waals surface area contributed by atoms with Gasteiger partial charge in [-0.3, -0.25) is 0 Å². The van der Waals surface area contributed by atoms with Crippen molar-refractivity contribution in [1.82, 2.24) is 0 Å². The zero-order chi connectivity index (χ0) is 24.3. The summed E-state index contributed by atoms with van der Waals surface area (Å²) in [4.78, 5) is 0. The van der Waals surface area contributed by atoms with E-state index in [1.54, 1.807) is 0 Å². The van der Waals surface area contributed by atoms with Crippen LogP contribution in [0.5, 0.6) is 0 Å². The molecule has 0 N–H and O–H groups in total. The maximum absolute atomic E-state index is 5.90. The van der Waals surface area contributed by atoms with Crippen molar-refractivity contribution in [2.45, 2.75) is 142 Å². The lowest BCUT2D eigenvalue weighted by Crippen LogP contribution is -3.00. The Hall–Kier alpha value is 0.170. The third-order valence-corrected chi connectivity index (χ3v) is 6.97. The predicted octanol–water partition coefficient (Wildman–Crippen LogP) is 5.94. The summed E-state index contributed by atoms with van der Waals surface area (Å²) < 4.78 is 12.8. The van der Waals surface area contributed by atoms with E-state index in [-0.39, 0.29) is 12.4 Å². The lowest BCUT2D eigenvalue weighted by Gasteiger charge is -2.29. The second-order valence-electron chi connectivity index (χ2n) is 11.0. The number of likely N-dealkylation sites (N-methyl/N-ethyl adjacent to an activating group) is 1. The minimum atomic E-state index is 0. The van der Waals surface area contributed by atoms with Gasteiger partial charge in [-0.15, -0.1) is 0 Å². The van der Waals surface area contributed by atoms with Crippen molar-refractivity contribution in [3.63, 3.8) is 0 Å². The van der Waals surface area contributed by atoms with Gasteiger partial charge in [0.15, 0.2) is 0 Å². The highest BCUT2D eigenvalue weighted by atomic mass is 35.5. The molecule has 0 amide bonds. The van der Waals surface area contributed by atoms with Gasteiger partial charge in [0.25, 0.3) is 0 Å². The average Bonchev–Trinajstić information content (AvgIpc) is 2.80. The summed E-state index contributed by atoms with van der Waals surface area (Å²) >= 11 is 0. The monoisotopic (exact) mass is 505 g/mol.